The maximum Gasteiger partial charge on any atom is 0.194 e. The maximum atomic E-state index is 4.68. The molecule has 7 nitrogen and oxygen atoms in total. The predicted octanol–water partition coefficient (Wildman–Crippen LogP) is 2.37. The topological polar surface area (TPSA) is 74.1 Å². The molecule has 3 aromatic rings. The predicted molar refractivity (Wildman–Crippen MR) is 104 cm³/mol. The van der Waals surface area contributed by atoms with Crippen molar-refractivity contribution in [2.45, 2.75) is 20.0 Å². The fraction of sp³-hybridized carbons (Fsp3) is 0.316. The summed E-state index contributed by atoms with van der Waals surface area (Å²) in [6, 6.07) is 12.1. The van der Waals surface area contributed by atoms with E-state index in [0.717, 1.165) is 36.1 Å². The minimum absolute atomic E-state index is 0.653. The molecular weight excluding hydrogens is 326 g/mol. The minimum Gasteiger partial charge on any atom is -0.357 e. The second-order valence-corrected chi connectivity index (χ2v) is 5.97. The van der Waals surface area contributed by atoms with Crippen LogP contribution in [0.1, 0.15) is 12.7 Å². The Bertz CT molecular complexity index is 806. The van der Waals surface area contributed by atoms with Crippen LogP contribution >= 0.6 is 0 Å². The van der Waals surface area contributed by atoms with E-state index >= 15 is 0 Å². The van der Waals surface area contributed by atoms with Gasteiger partial charge in [0.05, 0.1) is 31.5 Å². The Morgan fingerprint density at radius 2 is 2.12 bits per heavy atom. The lowest BCUT2D eigenvalue weighted by Gasteiger charge is -2.21. The molecule has 0 aliphatic rings. The van der Waals surface area contributed by atoms with Crippen molar-refractivity contribution >= 4 is 5.96 Å². The number of nitrogens with one attached hydrogen (secondary N) is 2. The summed E-state index contributed by atoms with van der Waals surface area (Å²) < 4.78 is 1.88. The van der Waals surface area contributed by atoms with Crippen molar-refractivity contribution in [2.75, 3.05) is 20.1 Å². The van der Waals surface area contributed by atoms with Crippen LogP contribution in [0.25, 0.3) is 11.3 Å². The first-order chi connectivity index (χ1) is 12.8. The van der Waals surface area contributed by atoms with Gasteiger partial charge in [0.2, 0.25) is 0 Å². The van der Waals surface area contributed by atoms with Gasteiger partial charge in [0.25, 0.3) is 0 Å². The second kappa shape index (κ2) is 8.84. The van der Waals surface area contributed by atoms with Crippen molar-refractivity contribution in [3.05, 3.63) is 60.8 Å². The highest BCUT2D eigenvalue weighted by Crippen LogP contribution is 2.16. The van der Waals surface area contributed by atoms with Crippen LogP contribution in [0, 0.1) is 0 Å². The van der Waals surface area contributed by atoms with Crippen LogP contribution in [0.5, 0.6) is 0 Å². The third-order valence-corrected chi connectivity index (χ3v) is 3.95. The molecule has 0 fully saturated rings. The van der Waals surface area contributed by atoms with Gasteiger partial charge in [0, 0.05) is 26.0 Å². The number of aliphatic imine (C=N–C) groups is 1. The molecule has 0 bridgehead atoms. The van der Waals surface area contributed by atoms with E-state index in [4.69, 9.17) is 0 Å². The van der Waals surface area contributed by atoms with Crippen molar-refractivity contribution in [3.8, 4) is 11.3 Å². The number of aromatic amines is 1. The number of H-pyrrole nitrogens is 1. The van der Waals surface area contributed by atoms with Gasteiger partial charge < -0.3 is 15.2 Å². The Morgan fingerprint density at radius 1 is 1.27 bits per heavy atom. The van der Waals surface area contributed by atoms with Gasteiger partial charge in [-0.25, -0.2) is 4.98 Å². The van der Waals surface area contributed by atoms with E-state index in [0.29, 0.717) is 13.1 Å². The van der Waals surface area contributed by atoms with Gasteiger partial charge >= 0.3 is 0 Å². The lowest BCUT2D eigenvalue weighted by Crippen LogP contribution is -2.39. The number of rotatable bonds is 7. The monoisotopic (exact) mass is 351 g/mol. The molecule has 2 heterocycles. The van der Waals surface area contributed by atoms with Crippen LogP contribution in [0.3, 0.4) is 0 Å². The van der Waals surface area contributed by atoms with E-state index in [9.17, 15) is 0 Å². The molecule has 0 unspecified atom stereocenters. The Hall–Kier alpha value is -3.09. The highest BCUT2D eigenvalue weighted by molar-refractivity contribution is 5.79. The van der Waals surface area contributed by atoms with Crippen LogP contribution < -0.4 is 5.32 Å². The molecule has 0 aliphatic carbocycles. The molecule has 0 spiro atoms. The van der Waals surface area contributed by atoms with E-state index in [2.05, 4.69) is 49.3 Å². The summed E-state index contributed by atoms with van der Waals surface area (Å²) in [4.78, 5) is 14.6. The highest BCUT2D eigenvalue weighted by Gasteiger charge is 2.09. The van der Waals surface area contributed by atoms with Crippen LogP contribution in [-0.2, 0) is 13.1 Å². The van der Waals surface area contributed by atoms with Crippen LogP contribution in [0.15, 0.2) is 60.0 Å². The van der Waals surface area contributed by atoms with Crippen molar-refractivity contribution in [2.24, 2.45) is 4.99 Å². The Labute approximate surface area is 153 Å². The number of hydrogen-bond donors (Lipinski definition) is 2. The van der Waals surface area contributed by atoms with Crippen molar-refractivity contribution in [3.63, 3.8) is 0 Å². The normalized spacial score (nSPS) is 11.5. The number of guanidine groups is 1. The average Bonchev–Trinajstić information content (AvgIpc) is 3.34. The molecular formula is C19H25N7. The SMILES string of the molecule is CCNC(=NCCn1cccn1)N(C)Cc1ncc(-c2ccccc2)[nH]1. The smallest absolute Gasteiger partial charge is 0.194 e. The molecule has 0 aliphatic heterocycles. The fourth-order valence-electron chi connectivity index (χ4n) is 2.67. The van der Waals surface area contributed by atoms with Gasteiger partial charge in [-0.05, 0) is 18.6 Å². The molecule has 0 atom stereocenters. The molecule has 1 aromatic carbocycles. The van der Waals surface area contributed by atoms with Gasteiger partial charge in [-0.3, -0.25) is 9.67 Å². The lowest BCUT2D eigenvalue weighted by molar-refractivity contribution is 0.462. The van der Waals surface area contributed by atoms with Gasteiger partial charge in [-0.15, -0.1) is 0 Å². The Balaban J connectivity index is 1.62. The molecule has 7 heteroatoms. The second-order valence-electron chi connectivity index (χ2n) is 5.97. The van der Waals surface area contributed by atoms with Gasteiger partial charge in [-0.1, -0.05) is 30.3 Å². The Kier molecular flexibility index (Phi) is 6.03. The fourth-order valence-corrected chi connectivity index (χ4v) is 2.67. The summed E-state index contributed by atoms with van der Waals surface area (Å²) in [7, 11) is 2.01. The van der Waals surface area contributed by atoms with E-state index in [-0.39, 0.29) is 0 Å². The number of benzene rings is 1. The van der Waals surface area contributed by atoms with Gasteiger partial charge in [-0.2, -0.15) is 5.10 Å². The van der Waals surface area contributed by atoms with Gasteiger partial charge in [0.15, 0.2) is 5.96 Å². The number of aromatic nitrogens is 4. The highest BCUT2D eigenvalue weighted by atomic mass is 15.3. The molecule has 26 heavy (non-hydrogen) atoms. The first-order valence-electron chi connectivity index (χ1n) is 8.82. The van der Waals surface area contributed by atoms with Crippen LogP contribution in [0.2, 0.25) is 0 Å². The van der Waals surface area contributed by atoms with E-state index in [1.54, 1.807) is 6.20 Å². The lowest BCUT2D eigenvalue weighted by atomic mass is 10.2. The summed E-state index contributed by atoms with van der Waals surface area (Å²) in [6.07, 6.45) is 5.60. The average molecular weight is 351 g/mol. The molecule has 3 rings (SSSR count). The summed E-state index contributed by atoms with van der Waals surface area (Å²) >= 11 is 0. The van der Waals surface area contributed by atoms with Crippen molar-refractivity contribution in [1.82, 2.24) is 30.0 Å². The zero-order valence-electron chi connectivity index (χ0n) is 15.3. The van der Waals surface area contributed by atoms with Gasteiger partial charge in [0.1, 0.15) is 5.82 Å². The number of hydrogen-bond acceptors (Lipinski definition) is 3. The van der Waals surface area contributed by atoms with Crippen molar-refractivity contribution < 1.29 is 0 Å². The zero-order valence-corrected chi connectivity index (χ0v) is 15.3. The summed E-state index contributed by atoms with van der Waals surface area (Å²) in [5.74, 6) is 1.77. The van der Waals surface area contributed by atoms with Crippen molar-refractivity contribution in [1.29, 1.82) is 0 Å². The van der Waals surface area contributed by atoms with E-state index in [1.165, 1.54) is 0 Å². The standard InChI is InChI=1S/C19H25N7/c1-3-20-19(21-11-13-26-12-7-10-23-26)25(2)15-18-22-14-17(24-18)16-8-5-4-6-9-16/h4-10,12,14H,3,11,13,15H2,1-2H3,(H,20,21)(H,22,24). The Morgan fingerprint density at radius 3 is 2.85 bits per heavy atom. The van der Waals surface area contributed by atoms with Crippen LogP contribution in [-0.4, -0.2) is 50.7 Å². The molecule has 136 valence electrons. The third kappa shape index (κ3) is 4.72. The molecule has 0 saturated carbocycles. The first-order valence-corrected chi connectivity index (χ1v) is 8.82. The van der Waals surface area contributed by atoms with Crippen LogP contribution in [0.4, 0.5) is 0 Å². The minimum atomic E-state index is 0.653. The maximum absolute atomic E-state index is 4.68. The summed E-state index contributed by atoms with van der Waals surface area (Å²) in [6.45, 7) is 4.96. The summed E-state index contributed by atoms with van der Waals surface area (Å²) in [5.41, 5.74) is 2.16. The number of nitrogens with zero attached hydrogens (tertiary/aromatic N) is 5. The molecule has 2 N–H and O–H groups in total. The summed E-state index contributed by atoms with van der Waals surface area (Å²) in [5, 5.41) is 7.53. The molecule has 0 saturated heterocycles. The zero-order chi connectivity index (χ0) is 18.2. The third-order valence-electron chi connectivity index (χ3n) is 3.95. The molecule has 0 radical (unpaired) electrons. The molecule has 2 aromatic heterocycles. The van der Waals surface area contributed by atoms with E-state index < -0.39 is 0 Å². The largest absolute Gasteiger partial charge is 0.357 e. The first kappa shape index (κ1) is 17.7. The quantitative estimate of drug-likeness (QED) is 0.506. The van der Waals surface area contributed by atoms with E-state index in [1.807, 2.05) is 48.4 Å². The number of imidazole rings is 1. The molecule has 0 amide bonds.